The van der Waals surface area contributed by atoms with Crippen LogP contribution in [0.25, 0.3) is 22.3 Å². The summed E-state index contributed by atoms with van der Waals surface area (Å²) in [6.07, 6.45) is 6.75. The van der Waals surface area contributed by atoms with E-state index >= 15 is 0 Å². The standard InChI is InChI=1S/C12H13N5O2S/c1-8(20(18)19)5-17-6-9(4-16-17)11-10-2-3-13-12(10)15-7-14-11/h2-4,6-8H,5H2,1H3,(H,18,19)(H,13,14,15)/p-1. The monoisotopic (exact) mass is 290 g/mol. The van der Waals surface area contributed by atoms with E-state index in [0.29, 0.717) is 6.54 Å². The van der Waals surface area contributed by atoms with Crippen molar-refractivity contribution in [3.63, 3.8) is 0 Å². The third-order valence-corrected chi connectivity index (χ3v) is 3.84. The van der Waals surface area contributed by atoms with Gasteiger partial charge in [-0.05, 0) is 6.07 Å². The van der Waals surface area contributed by atoms with E-state index < -0.39 is 16.3 Å². The van der Waals surface area contributed by atoms with Crippen LogP contribution in [0.1, 0.15) is 6.92 Å². The fraction of sp³-hybridized carbons (Fsp3) is 0.250. The lowest BCUT2D eigenvalue weighted by Gasteiger charge is -2.13. The molecule has 0 aliphatic rings. The normalized spacial score (nSPS) is 14.5. The maximum Gasteiger partial charge on any atom is 0.141 e. The Labute approximate surface area is 117 Å². The molecule has 0 spiro atoms. The molecular weight excluding hydrogens is 278 g/mol. The molecule has 0 aromatic carbocycles. The Kier molecular flexibility index (Phi) is 3.33. The molecule has 0 bridgehead atoms. The fourth-order valence-corrected chi connectivity index (χ4v) is 2.29. The zero-order chi connectivity index (χ0) is 14.1. The molecule has 1 N–H and O–H groups in total. The first-order chi connectivity index (χ1) is 9.65. The summed E-state index contributed by atoms with van der Waals surface area (Å²) in [5.74, 6) is 0. The maximum absolute atomic E-state index is 10.9. The third-order valence-electron chi connectivity index (χ3n) is 3.03. The van der Waals surface area contributed by atoms with E-state index in [2.05, 4.69) is 20.1 Å². The third kappa shape index (κ3) is 2.35. The van der Waals surface area contributed by atoms with Crippen LogP contribution >= 0.6 is 0 Å². The molecule has 2 unspecified atom stereocenters. The molecule has 0 aliphatic carbocycles. The lowest BCUT2D eigenvalue weighted by molar-refractivity contribution is 0.504. The Balaban J connectivity index is 1.94. The smallest absolute Gasteiger partial charge is 0.141 e. The van der Waals surface area contributed by atoms with Gasteiger partial charge >= 0.3 is 0 Å². The van der Waals surface area contributed by atoms with Gasteiger partial charge in [-0.3, -0.25) is 8.89 Å². The van der Waals surface area contributed by atoms with Crippen molar-refractivity contribution >= 4 is 22.1 Å². The van der Waals surface area contributed by atoms with Gasteiger partial charge < -0.3 is 9.54 Å². The fourth-order valence-electron chi connectivity index (χ4n) is 2.01. The van der Waals surface area contributed by atoms with Gasteiger partial charge in [-0.15, -0.1) is 0 Å². The summed E-state index contributed by atoms with van der Waals surface area (Å²) in [7, 11) is 0. The average Bonchev–Trinajstić information content (AvgIpc) is 3.06. The Hall–Kier alpha value is -2.06. The number of nitrogens with zero attached hydrogens (tertiary/aromatic N) is 4. The van der Waals surface area contributed by atoms with Crippen molar-refractivity contribution in [3.8, 4) is 11.3 Å². The van der Waals surface area contributed by atoms with E-state index in [4.69, 9.17) is 0 Å². The second-order valence-electron chi connectivity index (χ2n) is 4.48. The molecule has 0 saturated heterocycles. The molecule has 3 aromatic heterocycles. The minimum absolute atomic E-state index is 0.317. The van der Waals surface area contributed by atoms with Crippen molar-refractivity contribution in [2.24, 2.45) is 0 Å². The molecule has 2 atom stereocenters. The van der Waals surface area contributed by atoms with E-state index in [0.717, 1.165) is 22.3 Å². The number of aromatic amines is 1. The van der Waals surface area contributed by atoms with E-state index in [-0.39, 0.29) is 0 Å². The van der Waals surface area contributed by atoms with Gasteiger partial charge in [0.2, 0.25) is 0 Å². The Morgan fingerprint density at radius 2 is 2.35 bits per heavy atom. The molecule has 0 amide bonds. The van der Waals surface area contributed by atoms with Crippen LogP contribution < -0.4 is 0 Å². The molecule has 7 nitrogen and oxygen atoms in total. The van der Waals surface area contributed by atoms with Gasteiger partial charge in [0.05, 0.1) is 18.4 Å². The molecule has 0 aliphatic heterocycles. The van der Waals surface area contributed by atoms with Crippen molar-refractivity contribution in [3.05, 3.63) is 31.0 Å². The Morgan fingerprint density at radius 3 is 3.15 bits per heavy atom. The van der Waals surface area contributed by atoms with Gasteiger partial charge in [0.25, 0.3) is 0 Å². The largest absolute Gasteiger partial charge is 0.772 e. The first-order valence-corrected chi connectivity index (χ1v) is 7.18. The Morgan fingerprint density at radius 1 is 1.50 bits per heavy atom. The Bertz CT molecular complexity index is 766. The number of fused-ring (bicyclic) bond motifs is 1. The van der Waals surface area contributed by atoms with Gasteiger partial charge in [0.1, 0.15) is 12.0 Å². The predicted molar refractivity (Wildman–Crippen MR) is 73.5 cm³/mol. The maximum atomic E-state index is 10.9. The number of nitrogens with one attached hydrogen (secondary N) is 1. The van der Waals surface area contributed by atoms with Crippen molar-refractivity contribution in [2.75, 3.05) is 0 Å². The molecule has 3 heterocycles. The summed E-state index contributed by atoms with van der Waals surface area (Å²) in [6.45, 7) is 1.96. The van der Waals surface area contributed by atoms with Gasteiger partial charge in [0, 0.05) is 28.6 Å². The minimum atomic E-state index is -2.10. The highest BCUT2D eigenvalue weighted by Gasteiger charge is 2.10. The molecule has 3 rings (SSSR count). The molecule has 0 saturated carbocycles. The van der Waals surface area contributed by atoms with Crippen LogP contribution in [0.4, 0.5) is 0 Å². The molecule has 0 fully saturated rings. The lowest BCUT2D eigenvalue weighted by Crippen LogP contribution is -2.18. The quantitative estimate of drug-likeness (QED) is 0.725. The predicted octanol–water partition coefficient (Wildman–Crippen LogP) is 1.09. The average molecular weight is 290 g/mol. The summed E-state index contributed by atoms with van der Waals surface area (Å²) in [4.78, 5) is 11.4. The highest BCUT2D eigenvalue weighted by Crippen LogP contribution is 2.24. The minimum Gasteiger partial charge on any atom is -0.772 e. The van der Waals surface area contributed by atoms with Crippen LogP contribution in [-0.2, 0) is 17.6 Å². The molecule has 3 aromatic rings. The summed E-state index contributed by atoms with van der Waals surface area (Å²) in [5, 5.41) is 4.60. The molecule has 8 heteroatoms. The van der Waals surface area contributed by atoms with Crippen molar-refractivity contribution in [1.82, 2.24) is 24.7 Å². The van der Waals surface area contributed by atoms with Crippen LogP contribution in [0, 0.1) is 0 Å². The zero-order valence-corrected chi connectivity index (χ0v) is 11.5. The van der Waals surface area contributed by atoms with Crippen LogP contribution in [0.3, 0.4) is 0 Å². The van der Waals surface area contributed by atoms with Gasteiger partial charge in [-0.25, -0.2) is 9.97 Å². The van der Waals surface area contributed by atoms with Gasteiger partial charge in [-0.1, -0.05) is 18.0 Å². The molecular formula is C12H12N5O2S-. The number of H-pyrrole nitrogens is 1. The van der Waals surface area contributed by atoms with Gasteiger partial charge in [0.15, 0.2) is 0 Å². The van der Waals surface area contributed by atoms with Crippen LogP contribution in [0.5, 0.6) is 0 Å². The summed E-state index contributed by atoms with van der Waals surface area (Å²) >= 11 is -2.10. The van der Waals surface area contributed by atoms with Crippen molar-refractivity contribution in [2.45, 2.75) is 18.7 Å². The van der Waals surface area contributed by atoms with E-state index in [1.165, 1.54) is 6.33 Å². The van der Waals surface area contributed by atoms with Crippen molar-refractivity contribution in [1.29, 1.82) is 0 Å². The SMILES string of the molecule is CC(Cn1cc(-c2ncnc3[nH]ccc23)cn1)S(=O)[O-]. The summed E-state index contributed by atoms with van der Waals surface area (Å²) in [6, 6.07) is 1.90. The first-order valence-electron chi connectivity index (χ1n) is 6.04. The highest BCUT2D eigenvalue weighted by molar-refractivity contribution is 7.79. The molecule has 0 radical (unpaired) electrons. The number of hydrogen-bond acceptors (Lipinski definition) is 5. The lowest BCUT2D eigenvalue weighted by atomic mass is 10.2. The second kappa shape index (κ2) is 5.14. The molecule has 104 valence electrons. The molecule has 20 heavy (non-hydrogen) atoms. The van der Waals surface area contributed by atoms with Crippen molar-refractivity contribution < 1.29 is 8.76 Å². The van der Waals surface area contributed by atoms with E-state index in [1.54, 1.807) is 30.2 Å². The zero-order valence-electron chi connectivity index (χ0n) is 10.7. The van der Waals surface area contributed by atoms with Crippen LogP contribution in [-0.4, -0.2) is 38.7 Å². The summed E-state index contributed by atoms with van der Waals surface area (Å²) < 4.78 is 23.3. The summed E-state index contributed by atoms with van der Waals surface area (Å²) in [5.41, 5.74) is 2.37. The number of aromatic nitrogens is 5. The highest BCUT2D eigenvalue weighted by atomic mass is 32.2. The first kappa shape index (κ1) is 12.9. The van der Waals surface area contributed by atoms with Crippen LogP contribution in [0.2, 0.25) is 0 Å². The number of rotatable bonds is 4. The van der Waals surface area contributed by atoms with Crippen LogP contribution in [0.15, 0.2) is 31.0 Å². The van der Waals surface area contributed by atoms with Gasteiger partial charge in [-0.2, -0.15) is 5.10 Å². The number of hydrogen-bond donors (Lipinski definition) is 1. The second-order valence-corrected chi connectivity index (χ2v) is 5.81. The van der Waals surface area contributed by atoms with E-state index in [9.17, 15) is 8.76 Å². The topological polar surface area (TPSA) is 99.5 Å². The van der Waals surface area contributed by atoms with E-state index in [1.807, 2.05) is 6.07 Å².